The van der Waals surface area contributed by atoms with Crippen molar-refractivity contribution in [2.24, 2.45) is 99.6 Å². The first-order chi connectivity index (χ1) is 21.1. The second-order valence-electron chi connectivity index (χ2n) is 16.9. The van der Waals surface area contributed by atoms with E-state index < -0.39 is 87.6 Å². The molecule has 14 rings (SSSR count). The van der Waals surface area contributed by atoms with Crippen molar-refractivity contribution >= 4 is 0 Å². The molecule has 12 aliphatic carbocycles. The second kappa shape index (κ2) is 6.93. The maximum atomic E-state index is 15.2. The van der Waals surface area contributed by atoms with Crippen LogP contribution in [-0.4, -0.2) is 0 Å². The lowest BCUT2D eigenvalue weighted by Crippen LogP contribution is -3.05. The van der Waals surface area contributed by atoms with E-state index in [4.69, 9.17) is 0 Å². The largest absolute Gasteiger partial charge is 0.203 e. The first kappa shape index (κ1) is 25.0. The molecule has 0 aromatic heterocycles. The Bertz CT molecular complexity index is 1520. The molecule has 0 radical (unpaired) electrons. The summed E-state index contributed by atoms with van der Waals surface area (Å²) in [6.45, 7) is 1.38. The van der Waals surface area contributed by atoms with E-state index in [1.165, 1.54) is 6.92 Å². The molecule has 8 heteroatoms. The molecule has 12 fully saturated rings. The standard InChI is InChI=1S/C36H30F8/c1-8(6-11-31(41)27(37)9(28(38)32(11)42)2-4-35-21-15-13-16(21)23(35)17(13)22(15)35)7-12-33(43)29(39)10(30(40)34(12)44)3-5-36-24-18-14-19(24)26(36)20(14)25(18)36/h8,13-26H,2-7H2,1H3. The van der Waals surface area contributed by atoms with Gasteiger partial charge < -0.3 is 0 Å². The molecule has 0 nitrogen and oxygen atoms in total. The van der Waals surface area contributed by atoms with Crippen LogP contribution in [-0.2, 0) is 25.7 Å². The van der Waals surface area contributed by atoms with E-state index in [2.05, 4.69) is 0 Å². The zero-order chi connectivity index (χ0) is 29.8. The summed E-state index contributed by atoms with van der Waals surface area (Å²) in [5.41, 5.74) is -2.57. The molecule has 2 aromatic carbocycles. The summed E-state index contributed by atoms with van der Waals surface area (Å²) in [7, 11) is 0. The van der Waals surface area contributed by atoms with Crippen LogP contribution in [0.25, 0.3) is 0 Å². The summed E-state index contributed by atoms with van der Waals surface area (Å²) in [5, 5.41) is 0. The number of hydrogen-bond donors (Lipinski definition) is 0. The normalized spacial score (nSPS) is 51.5. The second-order valence-corrected chi connectivity index (χ2v) is 16.9. The van der Waals surface area contributed by atoms with Crippen molar-refractivity contribution < 1.29 is 35.1 Å². The number of halogens is 8. The van der Waals surface area contributed by atoms with E-state index >= 15 is 35.1 Å². The molecule has 0 heterocycles. The smallest absolute Gasteiger partial charge is 0.165 e. The van der Waals surface area contributed by atoms with E-state index in [1.807, 2.05) is 0 Å². The highest BCUT2D eigenvalue weighted by atomic mass is 19.2. The lowest BCUT2D eigenvalue weighted by Gasteiger charge is -3.08. The van der Waals surface area contributed by atoms with Crippen molar-refractivity contribution in [3.05, 3.63) is 68.8 Å². The Morgan fingerprint density at radius 3 is 0.932 bits per heavy atom. The molecular formula is C36H30F8. The Labute approximate surface area is 249 Å². The van der Waals surface area contributed by atoms with Crippen LogP contribution in [0.1, 0.15) is 42.0 Å². The molecule has 0 N–H and O–H groups in total. The van der Waals surface area contributed by atoms with Crippen molar-refractivity contribution in [1.29, 1.82) is 0 Å². The van der Waals surface area contributed by atoms with Crippen molar-refractivity contribution in [3.63, 3.8) is 0 Å². The highest BCUT2D eigenvalue weighted by molar-refractivity contribution is 5.51. The van der Waals surface area contributed by atoms with E-state index in [9.17, 15) is 0 Å². The van der Waals surface area contributed by atoms with E-state index in [-0.39, 0.29) is 23.7 Å². The van der Waals surface area contributed by atoms with E-state index in [1.54, 1.807) is 0 Å². The van der Waals surface area contributed by atoms with E-state index in [0.29, 0.717) is 48.3 Å². The zero-order valence-corrected chi connectivity index (χ0v) is 23.9. The van der Waals surface area contributed by atoms with Gasteiger partial charge in [-0.25, -0.2) is 35.1 Å². The molecule has 0 amide bonds. The Kier molecular flexibility index (Phi) is 3.94. The number of rotatable bonds is 10. The summed E-state index contributed by atoms with van der Waals surface area (Å²) in [6, 6.07) is 0. The molecule has 2 aromatic rings. The third kappa shape index (κ3) is 1.99. The summed E-state index contributed by atoms with van der Waals surface area (Å²) < 4.78 is 121. The minimum Gasteiger partial charge on any atom is -0.203 e. The molecule has 0 bridgehead atoms. The van der Waals surface area contributed by atoms with Crippen LogP contribution in [0.3, 0.4) is 0 Å². The van der Waals surface area contributed by atoms with Crippen molar-refractivity contribution in [3.8, 4) is 0 Å². The molecule has 0 saturated heterocycles. The maximum absolute atomic E-state index is 15.2. The van der Waals surface area contributed by atoms with Crippen molar-refractivity contribution in [2.45, 2.75) is 45.4 Å². The Hall–Kier alpha value is -2.12. The van der Waals surface area contributed by atoms with Gasteiger partial charge in [0.25, 0.3) is 0 Å². The van der Waals surface area contributed by atoms with Gasteiger partial charge in [-0.2, -0.15) is 0 Å². The summed E-state index contributed by atoms with van der Waals surface area (Å²) in [5.74, 6) is -2.29. The minimum atomic E-state index is -1.50. The predicted octanol–water partition coefficient (Wildman–Crippen LogP) is 7.82. The fraction of sp³-hybridized carbons (Fsp3) is 0.667. The summed E-state index contributed by atoms with van der Waals surface area (Å²) in [4.78, 5) is 0. The van der Waals surface area contributed by atoms with Crippen LogP contribution in [0.5, 0.6) is 0 Å². The highest BCUT2D eigenvalue weighted by Gasteiger charge is 3.04. The van der Waals surface area contributed by atoms with Gasteiger partial charge in [0.2, 0.25) is 0 Å². The van der Waals surface area contributed by atoms with Crippen molar-refractivity contribution in [1.82, 2.24) is 0 Å². The number of hydrogen-bond acceptors (Lipinski definition) is 0. The quantitative estimate of drug-likeness (QED) is 0.189. The fourth-order valence-corrected chi connectivity index (χ4v) is 16.0. The third-order valence-electron chi connectivity index (χ3n) is 17.0. The topological polar surface area (TPSA) is 0 Å². The SMILES string of the molecule is CC(Cc1c(F)c(F)c(CCC23C4C5C6C4C2C6C53)c(F)c1F)Cc1c(F)c(F)c(CCC23C4C5C6C4C2C6C53)c(F)c1F. The van der Waals surface area contributed by atoms with Crippen LogP contribution in [0.15, 0.2) is 0 Å². The molecule has 0 spiro atoms. The first-order valence-corrected chi connectivity index (χ1v) is 16.8. The fourth-order valence-electron chi connectivity index (χ4n) is 16.0. The Morgan fingerprint density at radius 2 is 0.659 bits per heavy atom. The lowest BCUT2D eigenvalue weighted by molar-refractivity contribution is -0.616. The van der Waals surface area contributed by atoms with Gasteiger partial charge in [-0.05, 0) is 138 Å². The van der Waals surface area contributed by atoms with Crippen LogP contribution < -0.4 is 0 Å². The van der Waals surface area contributed by atoms with Gasteiger partial charge in [-0.15, -0.1) is 0 Å². The van der Waals surface area contributed by atoms with Crippen molar-refractivity contribution in [2.75, 3.05) is 0 Å². The van der Waals surface area contributed by atoms with Crippen LogP contribution in [0, 0.1) is 146 Å². The van der Waals surface area contributed by atoms with Gasteiger partial charge in [-0.3, -0.25) is 0 Å². The van der Waals surface area contributed by atoms with Gasteiger partial charge in [0.15, 0.2) is 46.5 Å². The average Bonchev–Trinajstić information content (AvgIpc) is 3.03. The van der Waals surface area contributed by atoms with Gasteiger partial charge >= 0.3 is 0 Å². The summed E-state index contributed by atoms with van der Waals surface area (Å²) in [6.07, 6.45) is -0.211. The molecule has 0 aliphatic heterocycles. The van der Waals surface area contributed by atoms with Gasteiger partial charge in [-0.1, -0.05) is 6.92 Å². The molecule has 0 unspecified atom stereocenters. The predicted molar refractivity (Wildman–Crippen MR) is 139 cm³/mol. The Balaban J connectivity index is 0.763. The average molecular weight is 615 g/mol. The molecule has 12 aliphatic rings. The molecular weight excluding hydrogens is 584 g/mol. The van der Waals surface area contributed by atoms with Crippen LogP contribution in [0.2, 0.25) is 0 Å². The zero-order valence-electron chi connectivity index (χ0n) is 23.9. The summed E-state index contributed by atoms with van der Waals surface area (Å²) >= 11 is 0. The lowest BCUT2D eigenvalue weighted by atomic mass is 8.96. The van der Waals surface area contributed by atoms with Gasteiger partial charge in [0.1, 0.15) is 0 Å². The van der Waals surface area contributed by atoms with Crippen LogP contribution in [0.4, 0.5) is 35.1 Å². The van der Waals surface area contributed by atoms with Crippen LogP contribution >= 0.6 is 0 Å². The molecule has 12 saturated carbocycles. The highest BCUT2D eigenvalue weighted by Crippen LogP contribution is 3.07. The van der Waals surface area contributed by atoms with Gasteiger partial charge in [0, 0.05) is 22.3 Å². The molecule has 0 atom stereocenters. The van der Waals surface area contributed by atoms with Gasteiger partial charge in [0.05, 0.1) is 0 Å². The van der Waals surface area contributed by atoms with E-state index in [0.717, 1.165) is 47.3 Å². The number of benzene rings is 2. The molecule has 230 valence electrons. The monoisotopic (exact) mass is 614 g/mol. The first-order valence-electron chi connectivity index (χ1n) is 16.8. The Morgan fingerprint density at radius 1 is 0.409 bits per heavy atom. The minimum absolute atomic E-state index is 0.0612. The third-order valence-corrected chi connectivity index (χ3v) is 17.0. The maximum Gasteiger partial charge on any atom is 0.165 e. The molecule has 44 heavy (non-hydrogen) atoms.